The van der Waals surface area contributed by atoms with Gasteiger partial charge in [0, 0.05) is 19.3 Å². The van der Waals surface area contributed by atoms with Crippen LogP contribution < -0.4 is 0 Å². The van der Waals surface area contributed by atoms with Gasteiger partial charge in [0.05, 0.1) is 0 Å². The van der Waals surface area contributed by atoms with Crippen LogP contribution >= 0.6 is 0 Å². The largest absolute Gasteiger partial charge is 0.462 e. The van der Waals surface area contributed by atoms with Gasteiger partial charge in [-0.15, -0.1) is 0 Å². The van der Waals surface area contributed by atoms with E-state index in [0.717, 1.165) is 89.9 Å². The Morgan fingerprint density at radius 1 is 0.266 bits per heavy atom. The van der Waals surface area contributed by atoms with Gasteiger partial charge in [-0.25, -0.2) is 0 Å². The van der Waals surface area contributed by atoms with Gasteiger partial charge in [-0.05, 0) is 83.5 Å². The van der Waals surface area contributed by atoms with Crippen LogP contribution in [0.15, 0.2) is 85.1 Å². The van der Waals surface area contributed by atoms with E-state index in [4.69, 9.17) is 14.2 Å². The summed E-state index contributed by atoms with van der Waals surface area (Å²) in [6.07, 6.45) is 89.2. The maximum atomic E-state index is 12.9. The van der Waals surface area contributed by atoms with Crippen LogP contribution in [-0.4, -0.2) is 37.2 Å². The first kappa shape index (κ1) is 75.6. The van der Waals surface area contributed by atoms with Crippen LogP contribution in [0.1, 0.15) is 342 Å². The lowest BCUT2D eigenvalue weighted by Gasteiger charge is -2.18. The molecular formula is C73H128O6. The predicted octanol–water partition coefficient (Wildman–Crippen LogP) is 23.4. The van der Waals surface area contributed by atoms with Gasteiger partial charge in [-0.2, -0.15) is 0 Å². The van der Waals surface area contributed by atoms with Crippen molar-refractivity contribution in [1.82, 2.24) is 0 Å². The number of ether oxygens (including phenoxy) is 3. The predicted molar refractivity (Wildman–Crippen MR) is 344 cm³/mol. The van der Waals surface area contributed by atoms with Crippen LogP contribution in [0.5, 0.6) is 0 Å². The topological polar surface area (TPSA) is 78.9 Å². The lowest BCUT2D eigenvalue weighted by atomic mass is 10.0. The molecule has 0 amide bonds. The standard InChI is InChI=1S/C73H128O6/c1-4-7-10-13-16-19-22-25-27-29-31-32-33-34-35-36-37-38-39-40-42-43-45-48-51-54-57-60-63-66-72(75)78-69-70(68-77-71(74)65-62-59-56-53-50-47-24-21-18-15-12-9-6-3)79-73(76)67-64-61-58-55-52-49-46-44-41-30-28-26-23-20-17-14-11-8-5-2/h8,11,17,20-21,24,26,28,41,44,49,52,58,61,70H,4-7,9-10,12-16,18-19,22-23,25,27,29-40,42-43,45-48,50-51,53-57,59-60,62-69H2,1-3H3/b11-8-,20-17-,24-21-,28-26-,44-41-,52-49-,61-58-. The number of hydrogen-bond donors (Lipinski definition) is 0. The second kappa shape index (κ2) is 67.1. The van der Waals surface area contributed by atoms with Gasteiger partial charge in [-0.1, -0.05) is 324 Å². The molecule has 0 aliphatic rings. The van der Waals surface area contributed by atoms with E-state index in [2.05, 4.69) is 99.8 Å². The van der Waals surface area contributed by atoms with Gasteiger partial charge in [0.25, 0.3) is 0 Å². The summed E-state index contributed by atoms with van der Waals surface area (Å²) in [5.74, 6) is -0.987. The molecule has 0 spiro atoms. The first-order valence-corrected chi connectivity index (χ1v) is 34.1. The fourth-order valence-corrected chi connectivity index (χ4v) is 9.82. The van der Waals surface area contributed by atoms with Crippen molar-refractivity contribution in [3.63, 3.8) is 0 Å². The first-order valence-electron chi connectivity index (χ1n) is 34.1. The van der Waals surface area contributed by atoms with Crippen molar-refractivity contribution < 1.29 is 28.6 Å². The molecule has 0 aliphatic heterocycles. The van der Waals surface area contributed by atoms with Crippen LogP contribution in [0, 0.1) is 0 Å². The number of rotatable bonds is 62. The van der Waals surface area contributed by atoms with Crippen molar-refractivity contribution in [2.24, 2.45) is 0 Å². The number of hydrogen-bond acceptors (Lipinski definition) is 6. The molecule has 0 bridgehead atoms. The van der Waals surface area contributed by atoms with Gasteiger partial charge in [-0.3, -0.25) is 14.4 Å². The highest BCUT2D eigenvalue weighted by Gasteiger charge is 2.19. The van der Waals surface area contributed by atoms with Crippen molar-refractivity contribution in [1.29, 1.82) is 0 Å². The maximum absolute atomic E-state index is 12.9. The van der Waals surface area contributed by atoms with Crippen molar-refractivity contribution in [3.05, 3.63) is 85.1 Å². The molecule has 0 rings (SSSR count). The molecule has 0 aromatic rings. The minimum atomic E-state index is -0.820. The summed E-state index contributed by atoms with van der Waals surface area (Å²) in [5.41, 5.74) is 0. The molecule has 79 heavy (non-hydrogen) atoms. The van der Waals surface area contributed by atoms with Crippen LogP contribution in [0.25, 0.3) is 0 Å². The molecule has 0 radical (unpaired) electrons. The summed E-state index contributed by atoms with van der Waals surface area (Å²) >= 11 is 0. The number of carbonyl (C=O) groups is 3. The van der Waals surface area contributed by atoms with Gasteiger partial charge in [0.2, 0.25) is 0 Å². The van der Waals surface area contributed by atoms with Gasteiger partial charge >= 0.3 is 17.9 Å². The molecule has 6 nitrogen and oxygen atoms in total. The number of allylic oxidation sites excluding steroid dienone is 14. The molecular weight excluding hydrogens is 973 g/mol. The molecule has 0 N–H and O–H groups in total. The Labute approximate surface area is 490 Å². The monoisotopic (exact) mass is 1100 g/mol. The molecule has 456 valence electrons. The third kappa shape index (κ3) is 65.3. The summed E-state index contributed by atoms with van der Waals surface area (Å²) in [7, 11) is 0. The van der Waals surface area contributed by atoms with Crippen LogP contribution in [0.3, 0.4) is 0 Å². The zero-order chi connectivity index (χ0) is 57.1. The fraction of sp³-hybridized carbons (Fsp3) is 0.767. The molecule has 0 aliphatic carbocycles. The van der Waals surface area contributed by atoms with Crippen LogP contribution in [0.4, 0.5) is 0 Å². The first-order chi connectivity index (χ1) is 39.0. The van der Waals surface area contributed by atoms with Gasteiger partial charge in [0.15, 0.2) is 6.10 Å². The minimum absolute atomic E-state index is 0.107. The summed E-state index contributed by atoms with van der Waals surface area (Å²) in [6.45, 7) is 6.48. The maximum Gasteiger partial charge on any atom is 0.306 e. The Bertz CT molecular complexity index is 1500. The third-order valence-corrected chi connectivity index (χ3v) is 14.9. The van der Waals surface area contributed by atoms with E-state index in [1.165, 1.54) is 205 Å². The molecule has 0 saturated carbocycles. The van der Waals surface area contributed by atoms with E-state index in [1.807, 2.05) is 6.08 Å². The van der Waals surface area contributed by atoms with E-state index < -0.39 is 6.10 Å². The summed E-state index contributed by atoms with van der Waals surface area (Å²) in [5, 5.41) is 0. The van der Waals surface area contributed by atoms with E-state index >= 15 is 0 Å². The van der Waals surface area contributed by atoms with E-state index in [1.54, 1.807) is 0 Å². The average Bonchev–Trinajstić information content (AvgIpc) is 3.45. The van der Waals surface area contributed by atoms with Crippen molar-refractivity contribution in [3.8, 4) is 0 Å². The fourth-order valence-electron chi connectivity index (χ4n) is 9.82. The number of carbonyl (C=O) groups excluding carboxylic acids is 3. The second-order valence-electron chi connectivity index (χ2n) is 22.7. The number of esters is 3. The smallest absolute Gasteiger partial charge is 0.306 e. The zero-order valence-corrected chi connectivity index (χ0v) is 52.4. The van der Waals surface area contributed by atoms with Crippen molar-refractivity contribution in [2.75, 3.05) is 13.2 Å². The minimum Gasteiger partial charge on any atom is -0.462 e. The average molecular weight is 1100 g/mol. The summed E-state index contributed by atoms with van der Waals surface area (Å²) < 4.78 is 16.9. The lowest BCUT2D eigenvalue weighted by Crippen LogP contribution is -2.30. The van der Waals surface area contributed by atoms with Crippen molar-refractivity contribution in [2.45, 2.75) is 348 Å². The Kier molecular flexibility index (Phi) is 64.2. The van der Waals surface area contributed by atoms with Crippen LogP contribution in [-0.2, 0) is 28.6 Å². The summed E-state index contributed by atoms with van der Waals surface area (Å²) in [4.78, 5) is 38.3. The summed E-state index contributed by atoms with van der Waals surface area (Å²) in [6, 6.07) is 0. The van der Waals surface area contributed by atoms with Crippen LogP contribution in [0.2, 0.25) is 0 Å². The van der Waals surface area contributed by atoms with Gasteiger partial charge < -0.3 is 14.2 Å². The highest BCUT2D eigenvalue weighted by Crippen LogP contribution is 2.18. The highest BCUT2D eigenvalue weighted by molar-refractivity contribution is 5.71. The third-order valence-electron chi connectivity index (χ3n) is 14.9. The molecule has 0 fully saturated rings. The normalized spacial score (nSPS) is 12.6. The van der Waals surface area contributed by atoms with Gasteiger partial charge in [0.1, 0.15) is 13.2 Å². The number of unbranched alkanes of at least 4 members (excludes halogenated alkanes) is 37. The Balaban J connectivity index is 4.28. The Hall–Kier alpha value is -3.41. The van der Waals surface area contributed by atoms with E-state index in [0.29, 0.717) is 19.3 Å². The van der Waals surface area contributed by atoms with Crippen molar-refractivity contribution >= 4 is 17.9 Å². The molecule has 0 aromatic heterocycles. The Morgan fingerprint density at radius 2 is 0.519 bits per heavy atom. The molecule has 0 heterocycles. The SMILES string of the molecule is CC/C=C\C/C=C\C/C=C\C/C=C\C/C=C\C/C=C\CCC(=O)OC(COC(=O)CCCCCCC/C=C\CCCCCC)COC(=O)CCCCCCCCCCCCCCCCCCCCCCCCCCCCCCC. The molecule has 1 unspecified atom stereocenters. The highest BCUT2D eigenvalue weighted by atomic mass is 16.6. The lowest BCUT2D eigenvalue weighted by molar-refractivity contribution is -0.166. The quantitative estimate of drug-likeness (QED) is 0.0261. The van der Waals surface area contributed by atoms with E-state index in [9.17, 15) is 14.4 Å². The molecule has 1 atom stereocenters. The second-order valence-corrected chi connectivity index (χ2v) is 22.7. The molecule has 0 aromatic carbocycles. The Morgan fingerprint density at radius 3 is 0.835 bits per heavy atom. The molecule has 6 heteroatoms. The molecule has 0 saturated heterocycles. The zero-order valence-electron chi connectivity index (χ0n) is 52.4. The van der Waals surface area contributed by atoms with E-state index in [-0.39, 0.29) is 37.5 Å².